The van der Waals surface area contributed by atoms with E-state index in [4.69, 9.17) is 21.1 Å². The minimum atomic E-state index is -3.50. The summed E-state index contributed by atoms with van der Waals surface area (Å²) in [5.74, 6) is 0.810. The van der Waals surface area contributed by atoms with Gasteiger partial charge in [-0.2, -0.15) is 0 Å². The molecule has 1 spiro atoms. The molecule has 3 N–H and O–H groups in total. The lowest BCUT2D eigenvalue weighted by Crippen LogP contribution is -2.50. The van der Waals surface area contributed by atoms with Crippen LogP contribution >= 0.6 is 11.6 Å². The van der Waals surface area contributed by atoms with Crippen LogP contribution in [-0.4, -0.2) is 72.6 Å². The molecule has 50 heavy (non-hydrogen) atoms. The van der Waals surface area contributed by atoms with E-state index >= 15 is 0 Å². The number of methoxy groups -OCH3 is 1. The van der Waals surface area contributed by atoms with Crippen LogP contribution in [-0.2, 0) is 26.5 Å². The van der Waals surface area contributed by atoms with E-state index in [-0.39, 0.29) is 41.8 Å². The molecule has 0 radical (unpaired) electrons. The number of anilines is 1. The Labute approximate surface area is 300 Å². The Kier molecular flexibility index (Phi) is 10.2. The quantitative estimate of drug-likeness (QED) is 0.328. The highest BCUT2D eigenvalue weighted by Crippen LogP contribution is 2.47. The Balaban J connectivity index is 1.26. The van der Waals surface area contributed by atoms with Crippen LogP contribution in [0.5, 0.6) is 5.75 Å². The van der Waals surface area contributed by atoms with Crippen LogP contribution in [0.25, 0.3) is 0 Å². The number of urea groups is 1. The van der Waals surface area contributed by atoms with Gasteiger partial charge in [-0.05, 0) is 116 Å². The molecule has 0 aromatic heterocycles. The summed E-state index contributed by atoms with van der Waals surface area (Å²) in [5.41, 5.74) is 3.39. The van der Waals surface area contributed by atoms with E-state index in [1.54, 1.807) is 13.2 Å². The summed E-state index contributed by atoms with van der Waals surface area (Å²) >= 11 is 6.45. The van der Waals surface area contributed by atoms with E-state index in [0.717, 1.165) is 49.4 Å². The zero-order chi connectivity index (χ0) is 35.0. The van der Waals surface area contributed by atoms with Gasteiger partial charge >= 0.3 is 6.03 Å². The fourth-order valence-electron chi connectivity index (χ4n) is 8.73. The van der Waals surface area contributed by atoms with E-state index in [2.05, 4.69) is 43.6 Å². The molecule has 0 saturated heterocycles. The second-order valence-electron chi connectivity index (χ2n) is 15.3. The third-order valence-corrected chi connectivity index (χ3v) is 13.8. The predicted molar refractivity (Wildman–Crippen MR) is 195 cm³/mol. The Hall–Kier alpha value is -3.12. The molecule has 270 valence electrons. The summed E-state index contributed by atoms with van der Waals surface area (Å²) in [5, 5.41) is 12.9. The summed E-state index contributed by atoms with van der Waals surface area (Å²) in [6.07, 6.45) is 11.2. The number of nitrogens with zero attached hydrogens (tertiary/aromatic N) is 2. The first-order valence-electron chi connectivity index (χ1n) is 18.1. The van der Waals surface area contributed by atoms with Crippen LogP contribution in [0.2, 0.25) is 5.02 Å². The number of rotatable bonds is 4. The summed E-state index contributed by atoms with van der Waals surface area (Å²) in [4.78, 5) is 29.4. The van der Waals surface area contributed by atoms with Crippen molar-refractivity contribution < 1.29 is 28.4 Å². The van der Waals surface area contributed by atoms with E-state index in [9.17, 15) is 18.9 Å². The van der Waals surface area contributed by atoms with Gasteiger partial charge in [0.05, 0.1) is 24.2 Å². The second-order valence-corrected chi connectivity index (χ2v) is 17.7. The van der Waals surface area contributed by atoms with Crippen molar-refractivity contribution in [3.8, 4) is 5.75 Å². The van der Waals surface area contributed by atoms with Gasteiger partial charge in [0.15, 0.2) is 0 Å². The highest BCUT2D eigenvalue weighted by molar-refractivity contribution is 7.92. The fraction of sp³-hybridized carbons (Fsp3) is 0.579. The fourth-order valence-corrected chi connectivity index (χ4v) is 10.8. The third-order valence-electron chi connectivity index (χ3n) is 11.6. The molecule has 3 amide bonds. The maximum absolute atomic E-state index is 14.4. The van der Waals surface area contributed by atoms with Gasteiger partial charge in [0, 0.05) is 48.8 Å². The first-order valence-corrected chi connectivity index (χ1v) is 20.1. The number of halogens is 1. The standard InChI is InChI=1S/C38H49ClN4O6S/c1-24-5-3-7-34(48-2)31-11-8-28(31)19-43-22-38(14-4-6-26-17-29(39)10-12-32(26)38)23-49-35-13-9-27(18-33(35)43)36(45)41-50(47,21-24)42-37(46)40-30-15-25(16-30)20-44/h3,7,9-10,12-13,17-18,24-25,28,30-31,34,44H,4-6,8,11,14-16,19-23H2,1-2H3,(H2,40,41,42,45,46,47)/b7-3-/t24-,25?,28-,30?,31+,34-,38-,50?/m0/s1. The molecule has 12 heteroatoms. The summed E-state index contributed by atoms with van der Waals surface area (Å²) < 4.78 is 33.9. The largest absolute Gasteiger partial charge is 0.490 e. The molecule has 5 aliphatic rings. The van der Waals surface area contributed by atoms with Gasteiger partial charge in [0.1, 0.15) is 15.7 Å². The van der Waals surface area contributed by atoms with Gasteiger partial charge in [-0.3, -0.25) is 9.52 Å². The number of benzene rings is 2. The number of hydrogen-bond donors (Lipinski definition) is 3. The first kappa shape index (κ1) is 35.3. The van der Waals surface area contributed by atoms with Crippen molar-refractivity contribution >= 4 is 39.1 Å². The molecule has 7 rings (SSSR count). The van der Waals surface area contributed by atoms with Crippen LogP contribution in [0, 0.1) is 23.7 Å². The maximum atomic E-state index is 14.4. The van der Waals surface area contributed by atoms with Crippen LogP contribution in [0.4, 0.5) is 10.5 Å². The topological polar surface area (TPSA) is 130 Å². The van der Waals surface area contributed by atoms with E-state index in [1.165, 1.54) is 11.1 Å². The molecule has 2 aromatic carbocycles. The summed E-state index contributed by atoms with van der Waals surface area (Å²) in [6, 6.07) is 10.8. The first-order chi connectivity index (χ1) is 24.1. The smallest absolute Gasteiger partial charge is 0.327 e. The van der Waals surface area contributed by atoms with Crippen molar-refractivity contribution in [2.45, 2.75) is 75.9 Å². The van der Waals surface area contributed by atoms with Gasteiger partial charge in [0.2, 0.25) is 0 Å². The molecule has 2 heterocycles. The second kappa shape index (κ2) is 14.5. The SMILES string of the molecule is CO[C@H]1/C=C\C[C@H](C)CS(=O)(NC(=O)NC2CC(CO)C2)=NC(=O)c2ccc3c(c2)N(C[C@@H]2CC[C@H]21)C[C@@]1(CCCc2cc(Cl)ccc21)CO3. The van der Waals surface area contributed by atoms with E-state index in [0.29, 0.717) is 55.6 Å². The number of nitrogens with one attached hydrogen (secondary N) is 2. The molecule has 2 saturated carbocycles. The Bertz CT molecular complexity index is 1770. The van der Waals surface area contributed by atoms with Crippen molar-refractivity contribution in [1.29, 1.82) is 0 Å². The predicted octanol–water partition coefficient (Wildman–Crippen LogP) is 6.04. The monoisotopic (exact) mass is 724 g/mol. The van der Waals surface area contributed by atoms with Crippen molar-refractivity contribution in [2.75, 3.05) is 44.1 Å². The number of aryl methyl sites for hydroxylation is 1. The number of fused-ring (bicyclic) bond motifs is 4. The van der Waals surface area contributed by atoms with Crippen molar-refractivity contribution in [2.24, 2.45) is 28.0 Å². The molecule has 1 unspecified atom stereocenters. The van der Waals surface area contributed by atoms with Gasteiger partial charge in [-0.1, -0.05) is 36.7 Å². The molecule has 6 atom stereocenters. The summed E-state index contributed by atoms with van der Waals surface area (Å²) in [6.45, 7) is 4.02. The normalized spacial score (nSPS) is 34.4. The molecule has 2 aliphatic heterocycles. The van der Waals surface area contributed by atoms with Crippen molar-refractivity contribution in [1.82, 2.24) is 10.0 Å². The molecule has 2 fully saturated rings. The lowest BCUT2D eigenvalue weighted by atomic mass is 9.68. The Morgan fingerprint density at radius 1 is 1.22 bits per heavy atom. The van der Waals surface area contributed by atoms with Gasteiger partial charge in [-0.15, -0.1) is 4.36 Å². The van der Waals surface area contributed by atoms with Gasteiger partial charge < -0.3 is 24.8 Å². The summed E-state index contributed by atoms with van der Waals surface area (Å²) in [7, 11) is -1.74. The zero-order valence-electron chi connectivity index (χ0n) is 28.9. The molecule has 2 bridgehead atoms. The lowest BCUT2D eigenvalue weighted by Gasteiger charge is -2.46. The average Bonchev–Trinajstić information content (AvgIpc) is 3.20. The third kappa shape index (κ3) is 7.29. The minimum Gasteiger partial charge on any atom is -0.490 e. The van der Waals surface area contributed by atoms with E-state index < -0.39 is 21.9 Å². The minimum absolute atomic E-state index is 0.0102. The number of carbonyl (C=O) groups excluding carboxylic acids is 2. The Morgan fingerprint density at radius 2 is 2.06 bits per heavy atom. The molecule has 2 aromatic rings. The molecule has 10 nitrogen and oxygen atoms in total. The highest BCUT2D eigenvalue weighted by Gasteiger charge is 2.44. The maximum Gasteiger partial charge on any atom is 0.327 e. The average molecular weight is 725 g/mol. The number of amides is 3. The van der Waals surface area contributed by atoms with Crippen molar-refractivity contribution in [3.05, 3.63) is 70.3 Å². The van der Waals surface area contributed by atoms with Gasteiger partial charge in [0.25, 0.3) is 5.91 Å². The van der Waals surface area contributed by atoms with Crippen LogP contribution in [0.15, 0.2) is 52.9 Å². The number of hydrogen-bond acceptors (Lipinski definition) is 7. The Morgan fingerprint density at radius 3 is 2.82 bits per heavy atom. The zero-order valence-corrected chi connectivity index (χ0v) is 30.5. The van der Waals surface area contributed by atoms with Crippen molar-refractivity contribution in [3.63, 3.8) is 0 Å². The molecule has 3 aliphatic carbocycles. The number of aliphatic hydroxyl groups is 1. The van der Waals surface area contributed by atoms with Crippen LogP contribution in [0.1, 0.15) is 73.4 Å². The van der Waals surface area contributed by atoms with Crippen LogP contribution in [0.3, 0.4) is 0 Å². The molecular formula is C38H49ClN4O6S. The van der Waals surface area contributed by atoms with Gasteiger partial charge in [-0.25, -0.2) is 9.00 Å². The highest BCUT2D eigenvalue weighted by atomic mass is 35.5. The number of aliphatic hydroxyl groups excluding tert-OH is 1. The number of ether oxygens (including phenoxy) is 2. The van der Waals surface area contributed by atoms with E-state index in [1.807, 2.05) is 25.1 Å². The van der Waals surface area contributed by atoms with Crippen LogP contribution < -0.4 is 19.7 Å². The number of allylic oxidation sites excluding steroid dienone is 1. The molecular weight excluding hydrogens is 676 g/mol. The lowest BCUT2D eigenvalue weighted by molar-refractivity contribution is 0.0131. The number of carbonyl (C=O) groups is 2.